The van der Waals surface area contributed by atoms with E-state index in [1.807, 2.05) is 60.7 Å². The van der Waals surface area contributed by atoms with Gasteiger partial charge in [0.15, 0.2) is 5.82 Å². The van der Waals surface area contributed by atoms with Gasteiger partial charge in [-0.2, -0.15) is 19.9 Å². The molecule has 0 amide bonds. The molecule has 17 heteroatoms. The second kappa shape index (κ2) is 28.7. The van der Waals surface area contributed by atoms with Crippen LogP contribution in [0, 0.1) is 0 Å². The zero-order valence-electron chi connectivity index (χ0n) is 74.8. The van der Waals surface area contributed by atoms with Crippen molar-refractivity contribution in [1.82, 2.24) is 48.2 Å². The lowest BCUT2D eigenvalue weighted by molar-refractivity contribution is 0.649. The number of hydrogen-bond acceptors (Lipinski definition) is 13. The molecule has 0 unspecified atom stereocenters. The maximum atomic E-state index is 6.69. The van der Waals surface area contributed by atoms with Crippen LogP contribution in [0.25, 0.3) is 297 Å². The SMILES string of the molecule is CC1(C)c2ccccc2-c2ccc(-c3nc(-n4c5ccccc5c5ccccc54)nc4oc5cc6c(cc5c34)oc3ccccc36)cc21.c1ccc2c(c1)oc1cc3c(cc12)oc1nc(-n2c4ccccc4c4ccccc42)nc(-n2c4ccccc4c4ccccc42)c13.c1ccc2c(c1)oc1ccc(-c3nc(-n4c5ccccc5c5ccccc54)nc4oc5cc6c(cc5c34)sc3ccccc36)cc12. The zero-order valence-corrected chi connectivity index (χ0v) is 75.6. The van der Waals surface area contributed by atoms with Crippen LogP contribution >= 0.6 is 11.3 Å². The minimum atomic E-state index is -0.150. The summed E-state index contributed by atoms with van der Waals surface area (Å²) < 4.78 is 50.1. The van der Waals surface area contributed by atoms with E-state index in [1.54, 1.807) is 11.3 Å². The first-order valence-electron chi connectivity index (χ1n) is 46.9. The predicted molar refractivity (Wildman–Crippen MR) is 568 cm³/mol. The fourth-order valence-electron chi connectivity index (χ4n) is 22.8. The number of rotatable bonds is 6. The van der Waals surface area contributed by atoms with Crippen LogP contribution < -0.4 is 0 Å². The lowest BCUT2D eigenvalue weighted by Gasteiger charge is -2.22. The molecule has 0 bridgehead atoms. The summed E-state index contributed by atoms with van der Waals surface area (Å²) >= 11 is 1.80. The van der Waals surface area contributed by atoms with Crippen LogP contribution in [-0.4, -0.2) is 48.2 Å². The minimum Gasteiger partial charge on any atom is -0.456 e. The molecule has 1 aliphatic rings. The van der Waals surface area contributed by atoms with E-state index in [0.29, 0.717) is 35.0 Å². The zero-order chi connectivity index (χ0) is 91.6. The van der Waals surface area contributed by atoms with E-state index in [0.717, 1.165) is 230 Å². The second-order valence-corrected chi connectivity index (χ2v) is 38.1. The van der Waals surface area contributed by atoms with Crippen LogP contribution in [0.2, 0.25) is 0 Å². The van der Waals surface area contributed by atoms with Gasteiger partial charge in [0.1, 0.15) is 50.2 Å². The minimum absolute atomic E-state index is 0.150. The number of fused-ring (bicyclic) bond motifs is 36. The average molecular weight is 1820 g/mol. The number of thiophene rings is 1. The first-order valence-corrected chi connectivity index (χ1v) is 47.7. The van der Waals surface area contributed by atoms with E-state index in [-0.39, 0.29) is 5.41 Å². The molecule has 0 atom stereocenters. The van der Waals surface area contributed by atoms with E-state index in [1.165, 1.54) is 42.4 Å². The highest BCUT2D eigenvalue weighted by molar-refractivity contribution is 7.25. The highest BCUT2D eigenvalue weighted by Gasteiger charge is 2.37. The normalized spacial score (nSPS) is 12.8. The fourth-order valence-corrected chi connectivity index (χ4v) is 23.9. The highest BCUT2D eigenvalue weighted by atomic mass is 32.1. The molecule has 0 aliphatic heterocycles. The van der Waals surface area contributed by atoms with Crippen LogP contribution in [-0.2, 0) is 5.41 Å². The molecule has 0 fully saturated rings. The highest BCUT2D eigenvalue weighted by Crippen LogP contribution is 2.53. The third-order valence-corrected chi connectivity index (χ3v) is 30.2. The molecule has 0 saturated carbocycles. The van der Waals surface area contributed by atoms with E-state index in [2.05, 4.69) is 360 Å². The van der Waals surface area contributed by atoms with Crippen LogP contribution in [0.1, 0.15) is 25.0 Å². The molecule has 140 heavy (non-hydrogen) atoms. The molecule has 1 aliphatic carbocycles. The fraction of sp³-hybridized carbons (Fsp3) is 0.0244. The summed E-state index contributed by atoms with van der Waals surface area (Å²) in [6.07, 6.45) is 0. The summed E-state index contributed by atoms with van der Waals surface area (Å²) in [5, 5.41) is 23.5. The van der Waals surface area contributed by atoms with Gasteiger partial charge in [0.05, 0.1) is 71.7 Å². The van der Waals surface area contributed by atoms with Gasteiger partial charge in [-0.15, -0.1) is 11.3 Å². The molecule has 33 rings (SSSR count). The van der Waals surface area contributed by atoms with Crippen molar-refractivity contribution < 1.29 is 26.5 Å². The standard InChI is InChI=1S/C43H27N3O2.C40H22N4O2.C40H21N3O2S/c1-43(2)32-15-7-3-11-25(32)26-20-19-24(21-33(26)43)40-39-31-23-37-30(29-14-6-10-18-36(29)47-37)22-38(31)48-41(39)45-42(44-40)46-34-16-8-4-12-27(34)28-13-5-9-17-35(28)46;1-6-16-30-23(11-1)24-12-2-7-17-31(24)43(30)38-37-29-22-35-28(27-15-5-10-20-34(27)45-35)21-36(29)46-39(37)42-40(41-38)44-32-18-8-3-13-25(32)26-14-4-9-19-33(26)44;1-5-13-30-23(9-1)24-10-2-6-14-31(24)43(30)40-41-38(22-17-18-33-27(19-22)25-11-3-7-15-32(25)44-33)37-29-21-36-28(20-34(29)45-39(37)42-40)26-12-4-8-16-35(26)46-36/h3-23H,1-2H3;1-22H;1-21H. The predicted octanol–water partition coefficient (Wildman–Crippen LogP) is 33.2. The number of aromatic nitrogens is 10. The van der Waals surface area contributed by atoms with Crippen molar-refractivity contribution in [2.45, 2.75) is 19.3 Å². The van der Waals surface area contributed by atoms with E-state index >= 15 is 0 Å². The van der Waals surface area contributed by atoms with Crippen molar-refractivity contribution in [3.05, 3.63) is 399 Å². The summed E-state index contributed by atoms with van der Waals surface area (Å²) in [6.45, 7) is 4.62. The Labute approximate surface area is 795 Å². The molecule has 32 aromatic rings. The van der Waals surface area contributed by atoms with Gasteiger partial charge in [-0.25, -0.2) is 9.97 Å². The average Bonchev–Trinajstić information content (AvgIpc) is 1.56. The van der Waals surface area contributed by atoms with Crippen molar-refractivity contribution in [3.63, 3.8) is 0 Å². The summed E-state index contributed by atoms with van der Waals surface area (Å²) in [4.78, 5) is 31.8. The second-order valence-electron chi connectivity index (χ2n) is 37.0. The number of hydrogen-bond donors (Lipinski definition) is 0. The Bertz CT molecular complexity index is 10800. The van der Waals surface area contributed by atoms with E-state index < -0.39 is 0 Å². The Kier molecular flexibility index (Phi) is 15.8. The first kappa shape index (κ1) is 76.8. The maximum Gasteiger partial charge on any atom is 0.240 e. The van der Waals surface area contributed by atoms with Gasteiger partial charge in [-0.1, -0.05) is 269 Å². The number of benzene rings is 18. The van der Waals surface area contributed by atoms with Crippen molar-refractivity contribution in [3.8, 4) is 57.3 Å². The topological polar surface area (TPSA) is 176 Å². The molecular formula is C123H70N10O6S. The number of para-hydroxylation sites is 11. The van der Waals surface area contributed by atoms with Crippen LogP contribution in [0.3, 0.4) is 0 Å². The summed E-state index contributed by atoms with van der Waals surface area (Å²) in [7, 11) is 0. The molecule has 654 valence electrons. The molecule has 0 spiro atoms. The Morgan fingerprint density at radius 3 is 0.986 bits per heavy atom. The van der Waals surface area contributed by atoms with E-state index in [4.69, 9.17) is 56.4 Å². The van der Waals surface area contributed by atoms with Crippen molar-refractivity contribution in [2.24, 2.45) is 0 Å². The number of furan rings is 6. The summed E-state index contributed by atoms with van der Waals surface area (Å²) in [5.74, 6) is 2.46. The smallest absolute Gasteiger partial charge is 0.240 e. The van der Waals surface area contributed by atoms with Crippen molar-refractivity contribution in [1.29, 1.82) is 0 Å². The number of nitrogens with zero attached hydrogens (tertiary/aromatic N) is 10. The van der Waals surface area contributed by atoms with Gasteiger partial charge in [0, 0.05) is 128 Å². The van der Waals surface area contributed by atoms with E-state index in [9.17, 15) is 0 Å². The Balaban J connectivity index is 0.0000000968. The van der Waals surface area contributed by atoms with Gasteiger partial charge in [0.2, 0.25) is 35.0 Å². The molecule has 0 N–H and O–H groups in total. The summed E-state index contributed by atoms with van der Waals surface area (Å²) in [6, 6.07) is 135. The molecular weight excluding hydrogens is 1750 g/mol. The Morgan fingerprint density at radius 2 is 0.521 bits per heavy atom. The van der Waals surface area contributed by atoms with Gasteiger partial charge < -0.3 is 26.5 Å². The Morgan fingerprint density at radius 1 is 0.207 bits per heavy atom. The molecule has 14 heterocycles. The molecule has 18 aromatic carbocycles. The van der Waals surface area contributed by atoms with Gasteiger partial charge in [-0.3, -0.25) is 18.3 Å². The van der Waals surface area contributed by atoms with Crippen molar-refractivity contribution in [2.75, 3.05) is 0 Å². The lowest BCUT2D eigenvalue weighted by Crippen LogP contribution is -2.15. The molecule has 0 saturated heterocycles. The first-order chi connectivity index (χ1) is 69.1. The van der Waals surface area contributed by atoms with Crippen LogP contribution in [0.5, 0.6) is 0 Å². The lowest BCUT2D eigenvalue weighted by atomic mass is 9.82. The third kappa shape index (κ3) is 11.0. The monoisotopic (exact) mass is 1810 g/mol. The third-order valence-electron chi connectivity index (χ3n) is 29.1. The van der Waals surface area contributed by atoms with Gasteiger partial charge in [-0.05, 0) is 156 Å². The molecule has 0 radical (unpaired) electrons. The Hall–Kier alpha value is -18.6. The van der Waals surface area contributed by atoms with Crippen molar-refractivity contribution >= 4 is 251 Å². The molecule has 14 aromatic heterocycles. The quantitative estimate of drug-likeness (QED) is 0.154. The maximum absolute atomic E-state index is 6.69. The van der Waals surface area contributed by atoms with Crippen LogP contribution in [0.15, 0.2) is 415 Å². The van der Waals surface area contributed by atoms with Gasteiger partial charge >= 0.3 is 0 Å². The molecule has 16 nitrogen and oxygen atoms in total. The summed E-state index contributed by atoms with van der Waals surface area (Å²) in [5.41, 5.74) is 26.1. The largest absolute Gasteiger partial charge is 0.456 e. The van der Waals surface area contributed by atoms with Gasteiger partial charge in [0.25, 0.3) is 0 Å². The van der Waals surface area contributed by atoms with Crippen LogP contribution in [0.4, 0.5) is 0 Å².